The maximum atomic E-state index is 14.4. The van der Waals surface area contributed by atoms with Gasteiger partial charge in [0, 0.05) is 20.1 Å². The summed E-state index contributed by atoms with van der Waals surface area (Å²) in [4.78, 5) is 23.9. The molecule has 4 aromatic carbocycles. The van der Waals surface area contributed by atoms with Gasteiger partial charge in [-0.3, -0.25) is 18.9 Å². The van der Waals surface area contributed by atoms with Crippen LogP contribution in [-0.4, -0.2) is 40.8 Å². The van der Waals surface area contributed by atoms with E-state index in [1.54, 1.807) is 0 Å². The van der Waals surface area contributed by atoms with Gasteiger partial charge in [0.1, 0.15) is 13.3 Å². The van der Waals surface area contributed by atoms with Crippen molar-refractivity contribution >= 4 is 77.7 Å². The van der Waals surface area contributed by atoms with E-state index >= 15 is 0 Å². The van der Waals surface area contributed by atoms with Gasteiger partial charge in [-0.15, -0.1) is 0 Å². The molecule has 6 aromatic rings. The van der Waals surface area contributed by atoms with Gasteiger partial charge in [-0.1, -0.05) is 80.4 Å². The molecule has 2 unspecified atom stereocenters. The molecule has 0 bridgehead atoms. The molecule has 46 heavy (non-hydrogen) atoms. The second-order valence-electron chi connectivity index (χ2n) is 11.6. The Kier molecular flexibility index (Phi) is 5.14. The number of aliphatic imine (C=N–C) groups is 2. The number of anilines is 2. The molecule has 4 aliphatic rings. The van der Waals surface area contributed by atoms with Crippen molar-refractivity contribution in [3.8, 4) is 0 Å². The molecule has 6 heterocycles. The van der Waals surface area contributed by atoms with Crippen LogP contribution in [0.5, 0.6) is 0 Å². The Morgan fingerprint density at radius 1 is 0.543 bits per heavy atom. The summed E-state index contributed by atoms with van der Waals surface area (Å²) in [5.41, 5.74) is 1.80. The molecule has 0 fully saturated rings. The van der Waals surface area contributed by atoms with Crippen LogP contribution >= 0.6 is 31.9 Å². The van der Waals surface area contributed by atoms with Gasteiger partial charge in [0.05, 0.1) is 22.1 Å². The Hall–Kier alpha value is -4.76. The van der Waals surface area contributed by atoms with E-state index in [0.29, 0.717) is 11.0 Å². The fraction of sp³-hybridized carbons (Fsp3) is 0.125. The van der Waals surface area contributed by atoms with E-state index in [0.717, 1.165) is 41.2 Å². The number of nitrogens with zero attached hydrogens (tertiary/aromatic N) is 10. The summed E-state index contributed by atoms with van der Waals surface area (Å²) in [5.74, 6) is 0.805. The third-order valence-corrected chi connectivity index (χ3v) is 10.4. The number of hydroxylamine groups is 2. The fourth-order valence-corrected chi connectivity index (χ4v) is 7.91. The predicted molar refractivity (Wildman–Crippen MR) is 181 cm³/mol. The third kappa shape index (κ3) is 3.09. The minimum absolute atomic E-state index is 0.162. The number of hydrogen-bond donors (Lipinski definition) is 0. The van der Waals surface area contributed by atoms with E-state index in [2.05, 4.69) is 41.8 Å². The summed E-state index contributed by atoms with van der Waals surface area (Å²) >= 11 is 7.17. The summed E-state index contributed by atoms with van der Waals surface area (Å²) < 4.78 is 5.52. The van der Waals surface area contributed by atoms with Crippen LogP contribution in [0.1, 0.15) is 11.1 Å². The van der Waals surface area contributed by atoms with Crippen molar-refractivity contribution in [1.29, 1.82) is 0 Å². The molecule has 4 aliphatic heterocycles. The normalized spacial score (nSPS) is 22.9. The van der Waals surface area contributed by atoms with Crippen molar-refractivity contribution in [3.05, 3.63) is 128 Å². The Morgan fingerprint density at radius 3 is 1.35 bits per heavy atom. The van der Waals surface area contributed by atoms with Crippen LogP contribution in [0.3, 0.4) is 0 Å². The number of guanidine groups is 2. The minimum Gasteiger partial charge on any atom is -0.749 e. The first kappa shape index (κ1) is 26.5. The molecule has 0 aliphatic carbocycles. The number of imidazole rings is 2. The Balaban J connectivity index is 1.30. The number of rotatable bonds is 2. The number of fused-ring (bicyclic) bond motifs is 11. The molecule has 0 radical (unpaired) electrons. The third-order valence-electron chi connectivity index (χ3n) is 9.33. The lowest BCUT2D eigenvalue weighted by molar-refractivity contribution is 0.00961. The first-order valence-corrected chi connectivity index (χ1v) is 16.1. The highest BCUT2D eigenvalue weighted by atomic mass is 79.9. The molecule has 0 spiro atoms. The Bertz CT molecular complexity index is 2150. The van der Waals surface area contributed by atoms with Crippen LogP contribution in [0, 0.1) is 10.4 Å². The van der Waals surface area contributed by atoms with Crippen LogP contribution in [0.2, 0.25) is 0 Å². The van der Waals surface area contributed by atoms with Crippen LogP contribution in [0.15, 0.2) is 116 Å². The van der Waals surface area contributed by atoms with E-state index in [4.69, 9.17) is 9.98 Å². The first-order valence-electron chi connectivity index (χ1n) is 14.5. The molecule has 2 atom stereocenters. The molecule has 0 N–H and O–H groups in total. The molecule has 0 saturated carbocycles. The zero-order chi connectivity index (χ0) is 30.9. The monoisotopic (exact) mass is 734 g/mol. The molecular formula is C32H20Br2N10O2-2. The quantitative estimate of drug-likeness (QED) is 0.206. The first-order chi connectivity index (χ1) is 22.4. The number of para-hydroxylation sites is 4. The van der Waals surface area contributed by atoms with Crippen molar-refractivity contribution in [2.45, 2.75) is 24.7 Å². The molecule has 0 saturated heterocycles. The second-order valence-corrected chi connectivity index (χ2v) is 13.4. The van der Waals surface area contributed by atoms with E-state index in [-0.39, 0.29) is 37.2 Å². The standard InChI is InChI=1S/C32H20Br2N10O2/c33-21-13-9-19(10-14-21)31-32(20-11-15-22(34)16-12-20,37-29-41(31)17-39-25-7-3-1-5-23(25)35-27(39)43(29)45)42-18-40-26-8-4-2-6-24(26)36-28(40)44(46)30(42)38-31/h1-16H,17-18H2/q-2. The van der Waals surface area contributed by atoms with Gasteiger partial charge >= 0.3 is 0 Å². The number of aromatic nitrogens is 4. The lowest BCUT2D eigenvalue weighted by Gasteiger charge is -2.49. The van der Waals surface area contributed by atoms with Crippen LogP contribution < -0.4 is 10.1 Å². The average Bonchev–Trinajstić information content (AvgIpc) is 3.79. The SMILES string of the molecule is [O-]N1C2=NC3(c4ccc(Br)cc4)N4Cn5c(nc6ccccc65)N([O-])C4=NC3(c3ccc(Br)cc3)N2Cn2c1nc1ccccc12. The second kappa shape index (κ2) is 8.94. The molecule has 2 aromatic heterocycles. The summed E-state index contributed by atoms with van der Waals surface area (Å²) in [5, 5.41) is 30.4. The zero-order valence-electron chi connectivity index (χ0n) is 23.7. The highest BCUT2D eigenvalue weighted by molar-refractivity contribution is 9.10. The van der Waals surface area contributed by atoms with Crippen LogP contribution in [-0.2, 0) is 24.7 Å². The highest BCUT2D eigenvalue weighted by Gasteiger charge is 2.72. The fourth-order valence-electron chi connectivity index (χ4n) is 7.38. The van der Waals surface area contributed by atoms with Gasteiger partial charge < -0.3 is 20.5 Å². The van der Waals surface area contributed by atoms with Crippen LogP contribution in [0.4, 0.5) is 11.9 Å². The summed E-state index contributed by atoms with van der Waals surface area (Å²) in [6, 6.07) is 30.9. The zero-order valence-corrected chi connectivity index (χ0v) is 26.9. The molecule has 14 heteroatoms. The summed E-state index contributed by atoms with van der Waals surface area (Å²) in [7, 11) is 0. The average molecular weight is 736 g/mol. The van der Waals surface area contributed by atoms with Crippen molar-refractivity contribution in [2.75, 3.05) is 10.1 Å². The molecular weight excluding hydrogens is 716 g/mol. The number of halogens is 2. The predicted octanol–water partition coefficient (Wildman–Crippen LogP) is 6.21. The van der Waals surface area contributed by atoms with Gasteiger partial charge in [0.15, 0.2) is 11.9 Å². The van der Waals surface area contributed by atoms with Gasteiger partial charge in [0.25, 0.3) is 0 Å². The van der Waals surface area contributed by atoms with Gasteiger partial charge in [-0.25, -0.2) is 20.0 Å². The topological polar surface area (TPSA) is 119 Å². The van der Waals surface area contributed by atoms with Crippen molar-refractivity contribution in [1.82, 2.24) is 28.9 Å². The van der Waals surface area contributed by atoms with Gasteiger partial charge in [-0.05, 0) is 48.5 Å². The van der Waals surface area contributed by atoms with E-state index in [1.807, 2.05) is 116 Å². The highest BCUT2D eigenvalue weighted by Crippen LogP contribution is 2.61. The maximum absolute atomic E-state index is 14.4. The smallest absolute Gasteiger partial charge is 0.214 e. The Morgan fingerprint density at radius 2 is 0.935 bits per heavy atom. The number of benzene rings is 4. The molecule has 0 amide bonds. The van der Waals surface area contributed by atoms with E-state index < -0.39 is 11.3 Å². The molecule has 226 valence electrons. The van der Waals surface area contributed by atoms with Crippen molar-refractivity contribution < 1.29 is 0 Å². The largest absolute Gasteiger partial charge is 0.749 e. The van der Waals surface area contributed by atoms with Crippen molar-refractivity contribution in [3.63, 3.8) is 0 Å². The van der Waals surface area contributed by atoms with E-state index in [9.17, 15) is 10.4 Å². The minimum atomic E-state index is -1.37. The summed E-state index contributed by atoms with van der Waals surface area (Å²) in [6.45, 7) is 0.442. The van der Waals surface area contributed by atoms with Crippen LogP contribution in [0.25, 0.3) is 22.1 Å². The lowest BCUT2D eigenvalue weighted by Crippen LogP contribution is -2.61. The number of hydrogen-bond acceptors (Lipinski definition) is 10. The Labute approximate surface area is 277 Å². The van der Waals surface area contributed by atoms with Gasteiger partial charge in [-0.2, -0.15) is 0 Å². The lowest BCUT2D eigenvalue weighted by atomic mass is 9.81. The molecule has 10 rings (SSSR count). The van der Waals surface area contributed by atoms with E-state index in [1.165, 1.54) is 0 Å². The van der Waals surface area contributed by atoms with Gasteiger partial charge in [0.2, 0.25) is 23.2 Å². The maximum Gasteiger partial charge on any atom is 0.214 e. The summed E-state index contributed by atoms with van der Waals surface area (Å²) in [6.07, 6.45) is 0. The van der Waals surface area contributed by atoms with Crippen molar-refractivity contribution in [2.24, 2.45) is 9.98 Å². The molecule has 12 nitrogen and oxygen atoms in total.